The average molecular weight is 150 g/mol. The summed E-state index contributed by atoms with van der Waals surface area (Å²) in [6, 6.07) is 0. The molecule has 2 atom stereocenters. The molecule has 2 unspecified atom stereocenters. The van der Waals surface area contributed by atoms with Gasteiger partial charge >= 0.3 is 0 Å². The Kier molecular flexibility index (Phi) is 1.59. The van der Waals surface area contributed by atoms with E-state index in [1.807, 2.05) is 6.08 Å². The number of carbonyl (C=O) groups is 1. The molecule has 0 amide bonds. The van der Waals surface area contributed by atoms with Gasteiger partial charge in [0.15, 0.2) is 5.78 Å². The summed E-state index contributed by atoms with van der Waals surface area (Å²) < 4.78 is 0. The molecule has 2 rings (SSSR count). The van der Waals surface area contributed by atoms with Gasteiger partial charge < -0.3 is 0 Å². The van der Waals surface area contributed by atoms with E-state index in [9.17, 15) is 4.79 Å². The highest BCUT2D eigenvalue weighted by atomic mass is 16.1. The van der Waals surface area contributed by atoms with Crippen LogP contribution in [-0.4, -0.2) is 5.78 Å². The Morgan fingerprint density at radius 2 is 2.36 bits per heavy atom. The van der Waals surface area contributed by atoms with Gasteiger partial charge in [-0.25, -0.2) is 0 Å². The monoisotopic (exact) mass is 150 g/mol. The molecule has 0 heterocycles. The number of rotatable bonds is 0. The lowest BCUT2D eigenvalue weighted by molar-refractivity contribution is -0.114. The minimum absolute atomic E-state index is 0.360. The van der Waals surface area contributed by atoms with Crippen molar-refractivity contribution in [3.05, 3.63) is 11.6 Å². The van der Waals surface area contributed by atoms with E-state index in [4.69, 9.17) is 0 Å². The fourth-order valence-electron chi connectivity index (χ4n) is 2.29. The van der Waals surface area contributed by atoms with Gasteiger partial charge in [-0.2, -0.15) is 0 Å². The number of carbonyl (C=O) groups excluding carboxylic acids is 1. The molecule has 0 aliphatic heterocycles. The molecule has 1 fully saturated rings. The van der Waals surface area contributed by atoms with Gasteiger partial charge in [-0.15, -0.1) is 0 Å². The molecule has 0 saturated heterocycles. The summed E-state index contributed by atoms with van der Waals surface area (Å²) in [4.78, 5) is 11.0. The summed E-state index contributed by atoms with van der Waals surface area (Å²) >= 11 is 0. The molecule has 0 aromatic heterocycles. The van der Waals surface area contributed by atoms with Crippen molar-refractivity contribution >= 4 is 5.78 Å². The molecule has 0 radical (unpaired) electrons. The molecule has 0 N–H and O–H groups in total. The van der Waals surface area contributed by atoms with Gasteiger partial charge in [0.05, 0.1) is 0 Å². The Morgan fingerprint density at radius 3 is 3.18 bits per heavy atom. The molecule has 60 valence electrons. The molecule has 0 spiro atoms. The molecule has 1 heteroatoms. The van der Waals surface area contributed by atoms with Gasteiger partial charge in [-0.1, -0.05) is 12.5 Å². The highest BCUT2D eigenvalue weighted by molar-refractivity contribution is 5.93. The Balaban J connectivity index is 2.13. The largest absolute Gasteiger partial charge is 0.295 e. The van der Waals surface area contributed by atoms with E-state index >= 15 is 0 Å². The lowest BCUT2D eigenvalue weighted by atomic mass is 9.80. The molecule has 11 heavy (non-hydrogen) atoms. The number of hydrogen-bond donors (Lipinski definition) is 0. The summed E-state index contributed by atoms with van der Waals surface area (Å²) in [5.41, 5.74) is 1.44. The Morgan fingerprint density at radius 1 is 1.55 bits per heavy atom. The molecule has 2 aliphatic rings. The zero-order valence-electron chi connectivity index (χ0n) is 6.97. The van der Waals surface area contributed by atoms with Crippen LogP contribution in [0.25, 0.3) is 0 Å². The van der Waals surface area contributed by atoms with E-state index in [2.05, 4.69) is 6.92 Å². The van der Waals surface area contributed by atoms with E-state index in [0.717, 1.165) is 12.3 Å². The lowest BCUT2D eigenvalue weighted by Gasteiger charge is -2.25. The summed E-state index contributed by atoms with van der Waals surface area (Å²) in [5.74, 6) is 1.83. The van der Waals surface area contributed by atoms with Crippen LogP contribution < -0.4 is 0 Å². The fourth-order valence-corrected chi connectivity index (χ4v) is 2.29. The molecule has 0 aromatic carbocycles. The van der Waals surface area contributed by atoms with Crippen molar-refractivity contribution in [2.24, 2.45) is 11.8 Å². The van der Waals surface area contributed by atoms with Gasteiger partial charge in [-0.3, -0.25) is 4.79 Å². The van der Waals surface area contributed by atoms with Crippen LogP contribution in [0.3, 0.4) is 0 Å². The Hall–Kier alpha value is -0.590. The van der Waals surface area contributed by atoms with Crippen molar-refractivity contribution in [2.75, 3.05) is 0 Å². The van der Waals surface area contributed by atoms with Crippen LogP contribution in [0.15, 0.2) is 11.6 Å². The molecule has 2 aliphatic carbocycles. The second-order valence-electron chi connectivity index (χ2n) is 3.97. The number of allylic oxidation sites excluding steroid dienone is 2. The Bertz CT molecular complexity index is 215. The highest BCUT2D eigenvalue weighted by Crippen LogP contribution is 2.38. The maximum absolute atomic E-state index is 11.0. The summed E-state index contributed by atoms with van der Waals surface area (Å²) in [6.45, 7) is 2.29. The van der Waals surface area contributed by atoms with E-state index < -0.39 is 0 Å². The van der Waals surface area contributed by atoms with Crippen LogP contribution in [0.4, 0.5) is 0 Å². The third-order valence-corrected chi connectivity index (χ3v) is 2.93. The van der Waals surface area contributed by atoms with Crippen LogP contribution >= 0.6 is 0 Å². The van der Waals surface area contributed by atoms with Crippen LogP contribution in [0.2, 0.25) is 0 Å². The van der Waals surface area contributed by atoms with E-state index in [1.165, 1.54) is 24.8 Å². The molecular weight excluding hydrogens is 136 g/mol. The zero-order valence-corrected chi connectivity index (χ0v) is 6.97. The predicted molar refractivity (Wildman–Crippen MR) is 44.2 cm³/mol. The first kappa shape index (κ1) is 7.08. The van der Waals surface area contributed by atoms with Crippen molar-refractivity contribution < 1.29 is 4.79 Å². The smallest absolute Gasteiger partial charge is 0.156 e. The van der Waals surface area contributed by atoms with Crippen LogP contribution in [0.5, 0.6) is 0 Å². The minimum atomic E-state index is 0.360. The highest BCUT2D eigenvalue weighted by Gasteiger charge is 2.29. The molecule has 1 saturated carbocycles. The average Bonchev–Trinajstić information content (AvgIpc) is 2.27. The second-order valence-corrected chi connectivity index (χ2v) is 3.97. The summed E-state index contributed by atoms with van der Waals surface area (Å²) in [6.07, 6.45) is 6.40. The first-order valence-electron chi connectivity index (χ1n) is 4.49. The summed E-state index contributed by atoms with van der Waals surface area (Å²) in [7, 11) is 0. The number of fused-ring (bicyclic) bond motifs is 1. The van der Waals surface area contributed by atoms with E-state index in [0.29, 0.717) is 11.7 Å². The van der Waals surface area contributed by atoms with E-state index in [-0.39, 0.29) is 0 Å². The Labute approximate surface area is 67.5 Å². The minimum Gasteiger partial charge on any atom is -0.295 e. The second kappa shape index (κ2) is 2.47. The molecule has 1 nitrogen and oxygen atoms in total. The van der Waals surface area contributed by atoms with Crippen molar-refractivity contribution in [3.8, 4) is 0 Å². The topological polar surface area (TPSA) is 17.1 Å². The normalized spacial score (nSPS) is 36.8. The molecule has 0 aromatic rings. The number of ketones is 1. The van der Waals surface area contributed by atoms with Crippen LogP contribution in [0.1, 0.15) is 32.6 Å². The van der Waals surface area contributed by atoms with Crippen molar-refractivity contribution in [2.45, 2.75) is 32.6 Å². The van der Waals surface area contributed by atoms with Crippen LogP contribution in [0, 0.1) is 11.8 Å². The van der Waals surface area contributed by atoms with Gasteiger partial charge in [0, 0.05) is 6.42 Å². The zero-order chi connectivity index (χ0) is 7.84. The van der Waals surface area contributed by atoms with Crippen LogP contribution in [-0.2, 0) is 4.79 Å². The number of hydrogen-bond acceptors (Lipinski definition) is 1. The first-order valence-corrected chi connectivity index (χ1v) is 4.49. The summed E-state index contributed by atoms with van der Waals surface area (Å²) in [5, 5.41) is 0. The maximum atomic E-state index is 11.0. The maximum Gasteiger partial charge on any atom is 0.156 e. The lowest BCUT2D eigenvalue weighted by Crippen LogP contribution is -2.13. The van der Waals surface area contributed by atoms with Gasteiger partial charge in [-0.05, 0) is 37.2 Å². The van der Waals surface area contributed by atoms with E-state index in [1.54, 1.807) is 0 Å². The van der Waals surface area contributed by atoms with Gasteiger partial charge in [0.1, 0.15) is 0 Å². The van der Waals surface area contributed by atoms with Crippen molar-refractivity contribution in [1.29, 1.82) is 0 Å². The van der Waals surface area contributed by atoms with Gasteiger partial charge in [0.2, 0.25) is 0 Å². The molecular formula is C10H14O. The third kappa shape index (κ3) is 1.24. The van der Waals surface area contributed by atoms with Gasteiger partial charge in [0.25, 0.3) is 0 Å². The predicted octanol–water partition coefficient (Wildman–Crippen LogP) is 2.32. The van der Waals surface area contributed by atoms with Crippen molar-refractivity contribution in [3.63, 3.8) is 0 Å². The van der Waals surface area contributed by atoms with Crippen molar-refractivity contribution in [1.82, 2.24) is 0 Å². The fraction of sp³-hybridized carbons (Fsp3) is 0.700. The standard InChI is InChI=1S/C10H14O/c1-7-2-3-8-5-10(11)6-9(8)4-7/h5,7,9H,2-4,6H2,1H3. The quantitative estimate of drug-likeness (QED) is 0.518. The molecule has 0 bridgehead atoms. The third-order valence-electron chi connectivity index (χ3n) is 2.93. The first-order chi connectivity index (χ1) is 5.25. The SMILES string of the molecule is CC1CCC2=CC(=O)CC2C1.